The van der Waals surface area contributed by atoms with Crippen molar-refractivity contribution in [3.05, 3.63) is 117 Å². The van der Waals surface area contributed by atoms with E-state index in [1.165, 1.54) is 41.1 Å². The van der Waals surface area contributed by atoms with Crippen molar-refractivity contribution < 1.29 is 9.59 Å². The van der Waals surface area contributed by atoms with Gasteiger partial charge in [-0.15, -0.1) is 0 Å². The zero-order valence-corrected chi connectivity index (χ0v) is 18.3. The Bertz CT molecular complexity index is 1470. The van der Waals surface area contributed by atoms with Crippen LogP contribution < -0.4 is 16.2 Å². The second kappa shape index (κ2) is 9.81. The second-order valence-electron chi connectivity index (χ2n) is 7.10. The van der Waals surface area contributed by atoms with Gasteiger partial charge < -0.3 is 10.6 Å². The van der Waals surface area contributed by atoms with Gasteiger partial charge in [0.2, 0.25) is 0 Å². The Labute approximate surface area is 199 Å². The van der Waals surface area contributed by atoms with Crippen molar-refractivity contribution in [2.75, 3.05) is 10.6 Å². The zero-order valence-electron chi connectivity index (χ0n) is 17.5. The third kappa shape index (κ3) is 5.01. The molecule has 0 unspecified atom stereocenters. The van der Waals surface area contributed by atoms with Crippen LogP contribution in [0.1, 0.15) is 26.3 Å². The van der Waals surface area contributed by atoms with Gasteiger partial charge in [-0.3, -0.25) is 19.0 Å². The van der Waals surface area contributed by atoms with Gasteiger partial charge in [0.1, 0.15) is 5.82 Å². The molecule has 2 N–H and O–H groups in total. The fraction of sp³-hybridized carbons (Fsp3) is 0. The summed E-state index contributed by atoms with van der Waals surface area (Å²) in [5, 5.41) is 15.0. The minimum atomic E-state index is -0.555. The third-order valence-corrected chi connectivity index (χ3v) is 5.06. The van der Waals surface area contributed by atoms with E-state index in [9.17, 15) is 19.6 Å². The first-order valence-corrected chi connectivity index (χ1v) is 10.4. The van der Waals surface area contributed by atoms with E-state index in [-0.39, 0.29) is 28.2 Å². The van der Waals surface area contributed by atoms with Gasteiger partial charge in [0.05, 0.1) is 27.9 Å². The van der Waals surface area contributed by atoms with E-state index in [0.29, 0.717) is 16.3 Å². The van der Waals surface area contributed by atoms with E-state index < -0.39 is 11.8 Å². The lowest BCUT2D eigenvalue weighted by Crippen LogP contribution is -2.19. The lowest BCUT2D eigenvalue weighted by molar-refractivity contribution is 0.102. The van der Waals surface area contributed by atoms with Gasteiger partial charge in [-0.1, -0.05) is 17.7 Å². The van der Waals surface area contributed by atoms with Crippen LogP contribution in [0.15, 0.2) is 90.0 Å². The number of pyridine rings is 2. The number of rotatable bonds is 5. The number of hydrogen-bond acceptors (Lipinski definition) is 5. The fourth-order valence-corrected chi connectivity index (χ4v) is 3.26. The van der Waals surface area contributed by atoms with Crippen LogP contribution in [0.25, 0.3) is 5.69 Å². The highest BCUT2D eigenvalue weighted by Gasteiger charge is 2.16. The van der Waals surface area contributed by atoms with Crippen LogP contribution in [0.4, 0.5) is 11.5 Å². The molecule has 0 fully saturated rings. The van der Waals surface area contributed by atoms with Gasteiger partial charge in [-0.25, -0.2) is 4.98 Å². The Hall–Kier alpha value is -4.74. The van der Waals surface area contributed by atoms with E-state index in [1.54, 1.807) is 48.7 Å². The van der Waals surface area contributed by atoms with Crippen LogP contribution in [0.5, 0.6) is 0 Å². The minimum Gasteiger partial charge on any atom is -0.321 e. The number of anilines is 2. The number of carbonyl (C=O) groups excluding carboxylic acids is 2. The molecule has 0 spiro atoms. The first kappa shape index (κ1) is 22.5. The van der Waals surface area contributed by atoms with Crippen LogP contribution in [-0.2, 0) is 0 Å². The van der Waals surface area contributed by atoms with Crippen molar-refractivity contribution >= 4 is 34.9 Å². The molecule has 2 heterocycles. The predicted octanol–water partition coefficient (Wildman–Crippen LogP) is 4.26. The highest BCUT2D eigenvalue weighted by atomic mass is 35.5. The van der Waals surface area contributed by atoms with Gasteiger partial charge >= 0.3 is 0 Å². The quantitative estimate of drug-likeness (QED) is 0.453. The SMILES string of the molecule is N#Cc1ccc(NC(=O)c2ccc(-n3ccccc3=O)cc2)c(C(=O)Nc2ccc(Cl)cn2)c1. The smallest absolute Gasteiger partial charge is 0.258 e. The van der Waals surface area contributed by atoms with Gasteiger partial charge in [0.25, 0.3) is 17.4 Å². The fourth-order valence-electron chi connectivity index (χ4n) is 3.15. The largest absolute Gasteiger partial charge is 0.321 e. The van der Waals surface area contributed by atoms with Gasteiger partial charge in [-0.05, 0) is 60.7 Å². The molecule has 34 heavy (non-hydrogen) atoms. The molecule has 0 aliphatic heterocycles. The van der Waals surface area contributed by atoms with Crippen molar-refractivity contribution in [2.45, 2.75) is 0 Å². The molecule has 4 rings (SSSR count). The molecule has 166 valence electrons. The molecule has 0 atom stereocenters. The Balaban J connectivity index is 1.57. The summed E-state index contributed by atoms with van der Waals surface area (Å²) in [5.74, 6) is -0.753. The maximum Gasteiger partial charge on any atom is 0.258 e. The molecule has 0 saturated heterocycles. The van der Waals surface area contributed by atoms with Crippen LogP contribution in [0, 0.1) is 11.3 Å². The Kier molecular flexibility index (Phi) is 6.48. The Morgan fingerprint density at radius 1 is 0.941 bits per heavy atom. The normalized spacial score (nSPS) is 10.2. The standard InChI is InChI=1S/C25H16ClN5O3/c26-18-7-11-22(28-15-18)30-25(34)20-13-16(14-27)4-10-21(20)29-24(33)17-5-8-19(9-6-17)31-12-2-1-3-23(31)32/h1-13,15H,(H,29,33)(H,28,30,34). The first-order chi connectivity index (χ1) is 16.4. The van der Waals surface area contributed by atoms with Crippen LogP contribution in [0.3, 0.4) is 0 Å². The second-order valence-corrected chi connectivity index (χ2v) is 7.53. The first-order valence-electron chi connectivity index (χ1n) is 10.0. The molecule has 0 radical (unpaired) electrons. The van der Waals surface area contributed by atoms with E-state index in [4.69, 9.17) is 11.6 Å². The molecular formula is C25H16ClN5O3. The topological polar surface area (TPSA) is 117 Å². The molecule has 2 aromatic carbocycles. The lowest BCUT2D eigenvalue weighted by atomic mass is 10.1. The predicted molar refractivity (Wildman–Crippen MR) is 128 cm³/mol. The van der Waals surface area contributed by atoms with Crippen LogP contribution in [0.2, 0.25) is 5.02 Å². The minimum absolute atomic E-state index is 0.0941. The average molecular weight is 470 g/mol. The van der Waals surface area contributed by atoms with Gasteiger partial charge in [0, 0.05) is 29.7 Å². The van der Waals surface area contributed by atoms with E-state index >= 15 is 0 Å². The maximum atomic E-state index is 12.9. The molecule has 8 nitrogen and oxygen atoms in total. The average Bonchev–Trinajstić information content (AvgIpc) is 2.86. The van der Waals surface area contributed by atoms with E-state index in [0.717, 1.165) is 0 Å². The monoisotopic (exact) mass is 469 g/mol. The Morgan fingerprint density at radius 3 is 2.41 bits per heavy atom. The lowest BCUT2D eigenvalue weighted by Gasteiger charge is -2.12. The molecular weight excluding hydrogens is 454 g/mol. The number of amides is 2. The number of nitrogens with one attached hydrogen (secondary N) is 2. The summed E-state index contributed by atoms with van der Waals surface area (Å²) in [7, 11) is 0. The molecule has 0 saturated carbocycles. The van der Waals surface area contributed by atoms with E-state index in [2.05, 4.69) is 15.6 Å². The summed E-state index contributed by atoms with van der Waals surface area (Å²) in [6.07, 6.45) is 3.02. The van der Waals surface area contributed by atoms with Gasteiger partial charge in [0.15, 0.2) is 0 Å². The van der Waals surface area contributed by atoms with E-state index in [1.807, 2.05) is 6.07 Å². The van der Waals surface area contributed by atoms with Crippen molar-refractivity contribution in [2.24, 2.45) is 0 Å². The molecule has 4 aromatic rings. The molecule has 9 heteroatoms. The number of benzene rings is 2. The molecule has 2 amide bonds. The molecule has 2 aromatic heterocycles. The number of nitrogens with zero attached hydrogens (tertiary/aromatic N) is 3. The number of aromatic nitrogens is 2. The third-order valence-electron chi connectivity index (χ3n) is 4.84. The summed E-state index contributed by atoms with van der Waals surface area (Å²) in [4.78, 5) is 41.7. The number of carbonyl (C=O) groups is 2. The zero-order chi connectivity index (χ0) is 24.1. The summed E-state index contributed by atoms with van der Waals surface area (Å²) < 4.78 is 1.45. The molecule has 0 aliphatic carbocycles. The molecule has 0 bridgehead atoms. The van der Waals surface area contributed by atoms with Crippen LogP contribution in [-0.4, -0.2) is 21.4 Å². The Morgan fingerprint density at radius 2 is 1.74 bits per heavy atom. The van der Waals surface area contributed by atoms with Crippen molar-refractivity contribution in [3.8, 4) is 11.8 Å². The summed E-state index contributed by atoms with van der Waals surface area (Å²) >= 11 is 5.82. The van der Waals surface area contributed by atoms with Crippen molar-refractivity contribution in [1.82, 2.24) is 9.55 Å². The van der Waals surface area contributed by atoms with Crippen molar-refractivity contribution in [3.63, 3.8) is 0 Å². The van der Waals surface area contributed by atoms with Gasteiger partial charge in [-0.2, -0.15) is 5.26 Å². The summed E-state index contributed by atoms with van der Waals surface area (Å²) in [6, 6.07) is 20.7. The molecule has 0 aliphatic rings. The summed E-state index contributed by atoms with van der Waals surface area (Å²) in [5.41, 5.74) is 1.31. The number of halogens is 1. The highest BCUT2D eigenvalue weighted by molar-refractivity contribution is 6.30. The number of hydrogen-bond donors (Lipinski definition) is 2. The van der Waals surface area contributed by atoms with Crippen LogP contribution >= 0.6 is 11.6 Å². The summed E-state index contributed by atoms with van der Waals surface area (Å²) in [6.45, 7) is 0. The highest BCUT2D eigenvalue weighted by Crippen LogP contribution is 2.21. The van der Waals surface area contributed by atoms with Crippen molar-refractivity contribution in [1.29, 1.82) is 5.26 Å². The maximum absolute atomic E-state index is 12.9. The number of nitriles is 1.